The molecule has 0 bridgehead atoms. The van der Waals surface area contributed by atoms with Gasteiger partial charge in [0.25, 0.3) is 0 Å². The molecule has 0 unspecified atom stereocenters. The fourth-order valence-electron chi connectivity index (χ4n) is 5.30. The Morgan fingerprint density at radius 2 is 2.06 bits per heavy atom. The van der Waals surface area contributed by atoms with Crippen LogP contribution in [0.15, 0.2) is 42.6 Å². The third kappa shape index (κ3) is 4.87. The number of amides is 1. The quantitative estimate of drug-likeness (QED) is 0.534. The van der Waals surface area contributed by atoms with E-state index in [0.29, 0.717) is 29.7 Å². The number of rotatable bonds is 5. The largest absolute Gasteiger partial charge is 0.394 e. The first-order chi connectivity index (χ1) is 17.0. The molecule has 3 heterocycles. The van der Waals surface area contributed by atoms with Crippen molar-refractivity contribution in [2.24, 2.45) is 0 Å². The van der Waals surface area contributed by atoms with Crippen molar-refractivity contribution in [3.8, 4) is 0 Å². The molecular weight excluding hydrogens is 485 g/mol. The summed E-state index contributed by atoms with van der Waals surface area (Å²) in [6.45, 7) is 4.80. The number of aromatic nitrogens is 2. The molecule has 2 aromatic carbocycles. The Morgan fingerprint density at radius 1 is 1.20 bits per heavy atom. The molecule has 0 aliphatic carbocycles. The molecule has 35 heavy (non-hydrogen) atoms. The molecule has 2 N–H and O–H groups in total. The summed E-state index contributed by atoms with van der Waals surface area (Å²) in [5.41, 5.74) is 3.01. The molecule has 2 fully saturated rings. The second-order valence-electron chi connectivity index (χ2n) is 9.49. The molecule has 7 nitrogen and oxygen atoms in total. The number of benzene rings is 2. The molecule has 1 aromatic heterocycles. The van der Waals surface area contributed by atoms with Gasteiger partial charge < -0.3 is 20.2 Å². The highest BCUT2D eigenvalue weighted by molar-refractivity contribution is 6.35. The van der Waals surface area contributed by atoms with Gasteiger partial charge in [0.15, 0.2) is 0 Å². The van der Waals surface area contributed by atoms with Gasteiger partial charge >= 0.3 is 0 Å². The number of aliphatic hydroxyl groups is 1. The van der Waals surface area contributed by atoms with Gasteiger partial charge in [0, 0.05) is 40.8 Å². The predicted octanol–water partition coefficient (Wildman–Crippen LogP) is 4.10. The summed E-state index contributed by atoms with van der Waals surface area (Å²) in [6.07, 6.45) is 4.92. The number of anilines is 1. The lowest BCUT2D eigenvalue weighted by Crippen LogP contribution is -2.60. The van der Waals surface area contributed by atoms with Gasteiger partial charge in [-0.2, -0.15) is 5.10 Å². The first-order valence-corrected chi connectivity index (χ1v) is 13.0. The zero-order chi connectivity index (χ0) is 24.5. The molecule has 0 spiro atoms. The minimum Gasteiger partial charge on any atom is -0.394 e. The fraction of sp³-hybridized carbons (Fsp3) is 0.462. The number of piperidine rings is 1. The molecule has 5 rings (SSSR count). The Hall–Kier alpha value is -2.32. The van der Waals surface area contributed by atoms with Crippen LogP contribution in [0.2, 0.25) is 10.0 Å². The molecule has 186 valence electrons. The molecule has 1 amide bonds. The summed E-state index contributed by atoms with van der Waals surface area (Å²) in [6, 6.07) is 11.4. The zero-order valence-corrected chi connectivity index (χ0v) is 21.3. The molecule has 2 saturated heterocycles. The van der Waals surface area contributed by atoms with Crippen LogP contribution in [0.1, 0.15) is 37.8 Å². The Morgan fingerprint density at radius 3 is 2.80 bits per heavy atom. The van der Waals surface area contributed by atoms with E-state index in [1.165, 1.54) is 0 Å². The smallest absolute Gasteiger partial charge is 0.240 e. The maximum atomic E-state index is 13.1. The Balaban J connectivity index is 1.37. The third-order valence-corrected chi connectivity index (χ3v) is 7.87. The number of piperazine rings is 1. The Bertz CT molecular complexity index is 1210. The van der Waals surface area contributed by atoms with Crippen LogP contribution in [-0.2, 0) is 4.79 Å². The topological polar surface area (TPSA) is 73.6 Å². The van der Waals surface area contributed by atoms with E-state index in [9.17, 15) is 9.90 Å². The van der Waals surface area contributed by atoms with E-state index in [1.54, 1.807) is 6.07 Å². The van der Waals surface area contributed by atoms with E-state index in [-0.39, 0.29) is 30.6 Å². The average molecular weight is 516 g/mol. The lowest BCUT2D eigenvalue weighted by molar-refractivity contribution is -0.137. The highest BCUT2D eigenvalue weighted by atomic mass is 35.5. The van der Waals surface area contributed by atoms with Crippen LogP contribution in [0.4, 0.5) is 5.69 Å². The van der Waals surface area contributed by atoms with Crippen LogP contribution in [0, 0.1) is 0 Å². The zero-order valence-electron chi connectivity index (χ0n) is 19.8. The predicted molar refractivity (Wildman–Crippen MR) is 140 cm³/mol. The van der Waals surface area contributed by atoms with Gasteiger partial charge in [-0.1, -0.05) is 35.7 Å². The van der Waals surface area contributed by atoms with Crippen molar-refractivity contribution < 1.29 is 9.90 Å². The van der Waals surface area contributed by atoms with E-state index >= 15 is 0 Å². The van der Waals surface area contributed by atoms with E-state index in [4.69, 9.17) is 23.2 Å². The lowest BCUT2D eigenvalue weighted by Gasteiger charge is -2.43. The minimum atomic E-state index is -0.229. The molecular formula is C26H31Cl2N5O2. The summed E-state index contributed by atoms with van der Waals surface area (Å²) >= 11 is 12.6. The van der Waals surface area contributed by atoms with Crippen LogP contribution < -0.4 is 10.2 Å². The highest BCUT2D eigenvalue weighted by Crippen LogP contribution is 2.32. The second kappa shape index (κ2) is 10.3. The number of nitrogens with zero attached hydrogens (tertiary/aromatic N) is 4. The molecule has 0 radical (unpaired) electrons. The molecule has 2 aliphatic heterocycles. The van der Waals surface area contributed by atoms with Gasteiger partial charge in [-0.25, -0.2) is 0 Å². The van der Waals surface area contributed by atoms with Gasteiger partial charge in [-0.05, 0) is 62.2 Å². The fourth-order valence-corrected chi connectivity index (χ4v) is 5.87. The third-order valence-electron chi connectivity index (χ3n) is 7.31. The standard InChI is InChI=1S/C26H31Cl2N5O2/c1-17(22-8-6-19(27)12-23(22)28)33-25-13-20(7-5-18(25)14-30-33)31-10-11-32(21(15-31)16-34)26(35)24-4-2-3-9-29-24/h5-8,12-14,17,21,24,29,34H,2-4,9-11,15-16H2,1H3/t17-,21+,24-/m1/s1. The number of fused-ring (bicyclic) bond motifs is 1. The molecule has 9 heteroatoms. The minimum absolute atomic E-state index is 0.0543. The summed E-state index contributed by atoms with van der Waals surface area (Å²) in [5.74, 6) is 0.116. The van der Waals surface area contributed by atoms with Gasteiger partial charge in [-0.15, -0.1) is 0 Å². The van der Waals surface area contributed by atoms with Crippen LogP contribution in [0.5, 0.6) is 0 Å². The van der Waals surface area contributed by atoms with Gasteiger partial charge in [0.1, 0.15) is 0 Å². The summed E-state index contributed by atoms with van der Waals surface area (Å²) < 4.78 is 1.98. The van der Waals surface area contributed by atoms with Crippen LogP contribution in [0.3, 0.4) is 0 Å². The van der Waals surface area contributed by atoms with Crippen molar-refractivity contribution in [1.82, 2.24) is 20.0 Å². The Labute approximate surface area is 215 Å². The van der Waals surface area contributed by atoms with E-state index in [2.05, 4.69) is 40.4 Å². The lowest BCUT2D eigenvalue weighted by atomic mass is 10.0. The van der Waals surface area contributed by atoms with Crippen molar-refractivity contribution in [2.45, 2.75) is 44.3 Å². The number of nitrogens with one attached hydrogen (secondary N) is 1. The van der Waals surface area contributed by atoms with E-state index in [0.717, 1.165) is 48.0 Å². The maximum absolute atomic E-state index is 13.1. The summed E-state index contributed by atoms with van der Waals surface area (Å²) in [7, 11) is 0. The van der Waals surface area contributed by atoms with Gasteiger partial charge in [0.05, 0.1) is 36.4 Å². The molecule has 3 atom stereocenters. The SMILES string of the molecule is C[C@H](c1ccc(Cl)cc1Cl)n1ncc2ccc(N3CCN(C(=O)[C@H]4CCCCN4)[C@H](CO)C3)cc21. The number of carbonyl (C=O) groups excluding carboxylic acids is 1. The monoisotopic (exact) mass is 515 g/mol. The number of hydrogen-bond acceptors (Lipinski definition) is 5. The molecule has 0 saturated carbocycles. The normalized spacial score (nSPS) is 21.9. The van der Waals surface area contributed by atoms with E-state index < -0.39 is 0 Å². The van der Waals surface area contributed by atoms with Gasteiger partial charge in [-0.3, -0.25) is 9.48 Å². The summed E-state index contributed by atoms with van der Waals surface area (Å²) in [5, 5.41) is 20.4. The van der Waals surface area contributed by atoms with Crippen molar-refractivity contribution in [2.75, 3.05) is 37.7 Å². The van der Waals surface area contributed by atoms with E-state index in [1.807, 2.05) is 27.9 Å². The molecule has 2 aliphatic rings. The van der Waals surface area contributed by atoms with Crippen LogP contribution >= 0.6 is 23.2 Å². The summed E-state index contributed by atoms with van der Waals surface area (Å²) in [4.78, 5) is 17.2. The van der Waals surface area contributed by atoms with Crippen LogP contribution in [0.25, 0.3) is 10.9 Å². The highest BCUT2D eigenvalue weighted by Gasteiger charge is 2.34. The molecule has 3 aromatic rings. The van der Waals surface area contributed by atoms with Gasteiger partial charge in [0.2, 0.25) is 5.91 Å². The maximum Gasteiger partial charge on any atom is 0.240 e. The van der Waals surface area contributed by atoms with Crippen molar-refractivity contribution in [1.29, 1.82) is 0 Å². The van der Waals surface area contributed by atoms with Crippen LogP contribution in [-0.4, -0.2) is 70.6 Å². The Kier molecular flexibility index (Phi) is 7.21. The first kappa shape index (κ1) is 24.4. The van der Waals surface area contributed by atoms with Crippen molar-refractivity contribution >= 4 is 45.7 Å². The second-order valence-corrected chi connectivity index (χ2v) is 10.3. The van der Waals surface area contributed by atoms with Crippen molar-refractivity contribution in [3.63, 3.8) is 0 Å². The number of hydrogen-bond donors (Lipinski definition) is 2. The number of aliphatic hydroxyl groups excluding tert-OH is 1. The number of halogens is 2. The first-order valence-electron chi connectivity index (χ1n) is 12.3. The van der Waals surface area contributed by atoms with Crippen molar-refractivity contribution in [3.05, 3.63) is 58.2 Å². The number of carbonyl (C=O) groups is 1. The average Bonchev–Trinajstić information content (AvgIpc) is 3.31.